The number of aromatic nitrogens is 1. The Morgan fingerprint density at radius 3 is 2.59 bits per heavy atom. The fourth-order valence-electron chi connectivity index (χ4n) is 4.84. The maximum Gasteiger partial charge on any atom is 0.228 e. The third-order valence-electron chi connectivity index (χ3n) is 6.87. The van der Waals surface area contributed by atoms with Crippen molar-refractivity contribution in [3.8, 4) is 0 Å². The fourth-order valence-corrected chi connectivity index (χ4v) is 4.84. The summed E-state index contributed by atoms with van der Waals surface area (Å²) in [4.78, 5) is 26.9. The van der Waals surface area contributed by atoms with Gasteiger partial charge in [-0.05, 0) is 43.0 Å². The second-order valence-electron chi connectivity index (χ2n) is 9.00. The predicted octanol–water partition coefficient (Wildman–Crippen LogP) is 3.16. The summed E-state index contributed by atoms with van der Waals surface area (Å²) in [7, 11) is 0. The Kier molecular flexibility index (Phi) is 5.49. The van der Waals surface area contributed by atoms with E-state index in [9.17, 15) is 9.59 Å². The maximum atomic E-state index is 12.8. The van der Waals surface area contributed by atoms with Crippen LogP contribution in [0.2, 0.25) is 0 Å². The van der Waals surface area contributed by atoms with E-state index in [4.69, 9.17) is 4.74 Å². The first-order valence-electron chi connectivity index (χ1n) is 10.6. The van der Waals surface area contributed by atoms with E-state index in [1.807, 2.05) is 26.0 Å². The second-order valence-corrected chi connectivity index (χ2v) is 9.00. The fraction of sp³-hybridized carbons (Fsp3) is 0.565. The largest absolute Gasteiger partial charge is 0.379 e. The first-order valence-corrected chi connectivity index (χ1v) is 10.6. The van der Waals surface area contributed by atoms with Crippen LogP contribution in [0.1, 0.15) is 27.2 Å². The molecule has 0 unspecified atom stereocenters. The van der Waals surface area contributed by atoms with E-state index in [0.29, 0.717) is 6.42 Å². The lowest BCUT2D eigenvalue weighted by Crippen LogP contribution is -2.53. The zero-order valence-corrected chi connectivity index (χ0v) is 17.6. The van der Waals surface area contributed by atoms with Gasteiger partial charge in [0.05, 0.1) is 13.2 Å². The topological polar surface area (TPSA) is 63.6 Å². The molecule has 29 heavy (non-hydrogen) atoms. The first-order chi connectivity index (χ1) is 13.9. The van der Waals surface area contributed by atoms with Crippen molar-refractivity contribution in [2.45, 2.75) is 33.7 Å². The van der Waals surface area contributed by atoms with Gasteiger partial charge in [0.2, 0.25) is 5.91 Å². The van der Waals surface area contributed by atoms with E-state index in [2.05, 4.69) is 33.1 Å². The molecule has 1 aliphatic heterocycles. The van der Waals surface area contributed by atoms with Crippen molar-refractivity contribution in [3.63, 3.8) is 0 Å². The molecule has 1 aromatic carbocycles. The molecule has 2 aliphatic rings. The maximum absolute atomic E-state index is 12.8. The van der Waals surface area contributed by atoms with Crippen LogP contribution in [0, 0.1) is 17.3 Å². The van der Waals surface area contributed by atoms with Gasteiger partial charge in [0.15, 0.2) is 0 Å². The second kappa shape index (κ2) is 7.92. The van der Waals surface area contributed by atoms with Crippen LogP contribution in [-0.4, -0.2) is 54.0 Å². The van der Waals surface area contributed by atoms with E-state index in [1.165, 1.54) is 5.52 Å². The summed E-state index contributed by atoms with van der Waals surface area (Å²) in [5.41, 5.74) is 1.72. The molecule has 0 radical (unpaired) electrons. The number of anilines is 1. The SMILES string of the molecule is CC(=O)[C@@H]1C[C@H](C(=O)Nc2ccc3c(ccn3CCN3CCOCC3)c2)C1(C)C. The third-order valence-corrected chi connectivity index (χ3v) is 6.87. The Balaban J connectivity index is 1.39. The molecule has 0 spiro atoms. The highest BCUT2D eigenvalue weighted by molar-refractivity contribution is 5.97. The summed E-state index contributed by atoms with van der Waals surface area (Å²) in [5.74, 6) is 0.0592. The number of nitrogens with zero attached hydrogens (tertiary/aromatic N) is 2. The number of fused-ring (bicyclic) bond motifs is 1. The molecule has 4 rings (SSSR count). The number of benzene rings is 1. The number of Topliss-reactive ketones (excluding diaryl/α,β-unsaturated/α-hetero) is 1. The highest BCUT2D eigenvalue weighted by Gasteiger charge is 2.53. The molecule has 1 aliphatic carbocycles. The molecular weight excluding hydrogens is 366 g/mol. The Bertz CT molecular complexity index is 911. The number of ether oxygens (including phenoxy) is 1. The zero-order valence-electron chi connectivity index (χ0n) is 17.6. The summed E-state index contributed by atoms with van der Waals surface area (Å²) >= 11 is 0. The quantitative estimate of drug-likeness (QED) is 0.813. The molecule has 2 atom stereocenters. The van der Waals surface area contributed by atoms with Crippen molar-refractivity contribution >= 4 is 28.3 Å². The number of amides is 1. The van der Waals surface area contributed by atoms with Crippen LogP contribution < -0.4 is 5.32 Å². The van der Waals surface area contributed by atoms with Crippen molar-refractivity contribution < 1.29 is 14.3 Å². The number of carbonyl (C=O) groups excluding carboxylic acids is 2. The van der Waals surface area contributed by atoms with Crippen molar-refractivity contribution in [1.82, 2.24) is 9.47 Å². The summed E-state index contributed by atoms with van der Waals surface area (Å²) in [6.45, 7) is 11.3. The Morgan fingerprint density at radius 1 is 1.14 bits per heavy atom. The molecule has 0 bridgehead atoms. The van der Waals surface area contributed by atoms with Gasteiger partial charge in [-0.25, -0.2) is 0 Å². The minimum Gasteiger partial charge on any atom is -0.379 e. The molecule has 1 amide bonds. The molecule has 1 aromatic heterocycles. The lowest BCUT2D eigenvalue weighted by molar-refractivity contribution is -0.145. The average molecular weight is 398 g/mol. The lowest BCUT2D eigenvalue weighted by Gasteiger charge is -2.49. The van der Waals surface area contributed by atoms with E-state index in [1.54, 1.807) is 6.92 Å². The monoisotopic (exact) mass is 397 g/mol. The number of hydrogen-bond acceptors (Lipinski definition) is 4. The van der Waals surface area contributed by atoms with Crippen LogP contribution >= 0.6 is 0 Å². The molecule has 1 N–H and O–H groups in total. The van der Waals surface area contributed by atoms with Gasteiger partial charge >= 0.3 is 0 Å². The van der Waals surface area contributed by atoms with Gasteiger partial charge in [0.25, 0.3) is 0 Å². The van der Waals surface area contributed by atoms with Crippen molar-refractivity contribution in [1.29, 1.82) is 0 Å². The van der Waals surface area contributed by atoms with Crippen molar-refractivity contribution in [3.05, 3.63) is 30.5 Å². The number of hydrogen-bond donors (Lipinski definition) is 1. The van der Waals surface area contributed by atoms with E-state index >= 15 is 0 Å². The van der Waals surface area contributed by atoms with E-state index < -0.39 is 0 Å². The van der Waals surface area contributed by atoms with Crippen LogP contribution in [0.3, 0.4) is 0 Å². The summed E-state index contributed by atoms with van der Waals surface area (Å²) in [5, 5.41) is 4.19. The van der Waals surface area contributed by atoms with Gasteiger partial charge in [-0.1, -0.05) is 13.8 Å². The van der Waals surface area contributed by atoms with Gasteiger partial charge in [-0.15, -0.1) is 0 Å². The molecule has 6 nitrogen and oxygen atoms in total. The van der Waals surface area contributed by atoms with Crippen molar-refractivity contribution in [2.24, 2.45) is 17.3 Å². The number of nitrogens with one attached hydrogen (secondary N) is 1. The summed E-state index contributed by atoms with van der Waals surface area (Å²) in [6, 6.07) is 8.18. The number of rotatable bonds is 6. The normalized spacial score (nSPS) is 24.2. The van der Waals surface area contributed by atoms with Gasteiger partial charge in [0, 0.05) is 60.8 Å². The minimum absolute atomic E-state index is 0.0126. The molecule has 156 valence electrons. The number of carbonyl (C=O) groups is 2. The Labute approximate surface area is 172 Å². The van der Waals surface area contributed by atoms with Gasteiger partial charge in [0.1, 0.15) is 5.78 Å². The number of ketones is 1. The molecule has 1 saturated carbocycles. The van der Waals surface area contributed by atoms with Crippen LogP contribution in [0.5, 0.6) is 0 Å². The summed E-state index contributed by atoms with van der Waals surface area (Å²) < 4.78 is 7.68. The van der Waals surface area contributed by atoms with Gasteiger partial charge in [-0.3, -0.25) is 14.5 Å². The van der Waals surface area contributed by atoms with Gasteiger partial charge in [-0.2, -0.15) is 0 Å². The molecule has 2 heterocycles. The standard InChI is InChI=1S/C23H31N3O3/c1-16(27)19-15-20(23(19,2)3)22(28)24-18-4-5-21-17(14-18)6-7-26(21)9-8-25-10-12-29-13-11-25/h4-7,14,19-20H,8-13,15H2,1-3H3,(H,24,28)/t19-,20+/m0/s1. The van der Waals surface area contributed by atoms with Crippen LogP contribution in [-0.2, 0) is 20.9 Å². The molecule has 6 heteroatoms. The smallest absolute Gasteiger partial charge is 0.228 e. The van der Waals surface area contributed by atoms with Crippen LogP contribution in [0.25, 0.3) is 10.9 Å². The highest BCUT2D eigenvalue weighted by atomic mass is 16.5. The third kappa shape index (κ3) is 3.96. The number of morpholine rings is 1. The molecule has 1 saturated heterocycles. The van der Waals surface area contributed by atoms with E-state index in [0.717, 1.165) is 50.5 Å². The molecular formula is C23H31N3O3. The van der Waals surface area contributed by atoms with Crippen molar-refractivity contribution in [2.75, 3.05) is 38.2 Å². The van der Waals surface area contributed by atoms with E-state index in [-0.39, 0.29) is 28.9 Å². The Hall–Kier alpha value is -2.18. The zero-order chi connectivity index (χ0) is 20.6. The van der Waals surface area contributed by atoms with Crippen LogP contribution in [0.4, 0.5) is 5.69 Å². The summed E-state index contributed by atoms with van der Waals surface area (Å²) in [6.07, 6.45) is 2.76. The Morgan fingerprint density at radius 2 is 1.90 bits per heavy atom. The minimum atomic E-state index is -0.275. The van der Waals surface area contributed by atoms with Crippen LogP contribution in [0.15, 0.2) is 30.5 Å². The molecule has 2 fully saturated rings. The van der Waals surface area contributed by atoms with Gasteiger partial charge < -0.3 is 14.6 Å². The lowest BCUT2D eigenvalue weighted by atomic mass is 9.53. The molecule has 2 aromatic rings. The first kappa shape index (κ1) is 20.1. The predicted molar refractivity (Wildman–Crippen MR) is 114 cm³/mol. The average Bonchev–Trinajstić information content (AvgIpc) is 3.08. The highest BCUT2D eigenvalue weighted by Crippen LogP contribution is 2.52.